The summed E-state index contributed by atoms with van der Waals surface area (Å²) in [6.07, 6.45) is 1.29. The topological polar surface area (TPSA) is 199 Å². The molecule has 6 N–H and O–H groups in total. The summed E-state index contributed by atoms with van der Waals surface area (Å²) in [5.74, 6) is -3.08. The van der Waals surface area contributed by atoms with Crippen molar-refractivity contribution < 1.29 is 54.6 Å². The predicted molar refractivity (Wildman–Crippen MR) is 101 cm³/mol. The first kappa shape index (κ1) is 31.5. The van der Waals surface area contributed by atoms with Crippen molar-refractivity contribution in [2.24, 2.45) is 11.8 Å². The van der Waals surface area contributed by atoms with Crippen LogP contribution in [0.3, 0.4) is 0 Å². The highest BCUT2D eigenvalue weighted by molar-refractivity contribution is 5.70. The molecule has 0 saturated heterocycles. The molecule has 29 heavy (non-hydrogen) atoms. The summed E-state index contributed by atoms with van der Waals surface area (Å²) < 4.78 is 4.61. The standard InChI is InChI=1S/C9H16O5.C7H12O4.C2H6O2/c1-7(6-8(11)12)2-3-9(13)14-5-4-10;1-5(4-7(10)11)2-3-6(8)9;3-1-2-4/h7,10H,2-6H2,1H3,(H,11,12);5H,2-4H2,1H3,(H,8,9)(H,10,11);3-4H,1-2H2. The number of hydrogen-bond acceptors (Lipinski definition) is 8. The van der Waals surface area contributed by atoms with Gasteiger partial charge in [0.25, 0.3) is 0 Å². The number of carboxylic acid groups (broad SMARTS) is 3. The minimum absolute atomic E-state index is 0.00610. The van der Waals surface area contributed by atoms with Gasteiger partial charge in [-0.3, -0.25) is 19.2 Å². The normalized spacial score (nSPS) is 11.6. The molecule has 0 aliphatic rings. The third kappa shape index (κ3) is 33.7. The molecule has 11 nitrogen and oxygen atoms in total. The number of carboxylic acids is 3. The van der Waals surface area contributed by atoms with Crippen LogP contribution in [0.4, 0.5) is 0 Å². The Balaban J connectivity index is -0.000000401. The van der Waals surface area contributed by atoms with Crippen LogP contribution in [0.1, 0.15) is 52.4 Å². The van der Waals surface area contributed by atoms with Crippen molar-refractivity contribution in [3.63, 3.8) is 0 Å². The largest absolute Gasteiger partial charge is 0.481 e. The summed E-state index contributed by atoms with van der Waals surface area (Å²) in [5.41, 5.74) is 0. The van der Waals surface area contributed by atoms with Crippen LogP contribution in [0.2, 0.25) is 0 Å². The molecule has 0 aromatic heterocycles. The molecular formula is C18H34O11. The lowest BCUT2D eigenvalue weighted by Crippen LogP contribution is -2.11. The molecule has 0 aliphatic carbocycles. The number of aliphatic hydroxyl groups excluding tert-OH is 3. The van der Waals surface area contributed by atoms with Gasteiger partial charge in [-0.05, 0) is 24.7 Å². The fourth-order valence-corrected chi connectivity index (χ4v) is 1.77. The zero-order valence-electron chi connectivity index (χ0n) is 17.0. The molecule has 0 bridgehead atoms. The molecule has 0 heterocycles. The van der Waals surface area contributed by atoms with E-state index in [1.54, 1.807) is 13.8 Å². The minimum Gasteiger partial charge on any atom is -0.481 e. The number of aliphatic hydroxyl groups is 3. The molecule has 0 aromatic carbocycles. The van der Waals surface area contributed by atoms with E-state index in [-0.39, 0.29) is 63.9 Å². The summed E-state index contributed by atoms with van der Waals surface area (Å²) in [5, 5.41) is 48.6. The van der Waals surface area contributed by atoms with Crippen LogP contribution in [-0.2, 0) is 23.9 Å². The van der Waals surface area contributed by atoms with E-state index in [0.29, 0.717) is 12.8 Å². The second-order valence-corrected chi connectivity index (χ2v) is 6.27. The van der Waals surface area contributed by atoms with Crippen LogP contribution in [0, 0.1) is 11.8 Å². The zero-order chi connectivity index (χ0) is 23.2. The van der Waals surface area contributed by atoms with Crippen LogP contribution in [0.15, 0.2) is 0 Å². The van der Waals surface area contributed by atoms with Crippen molar-refractivity contribution in [1.29, 1.82) is 0 Å². The fourth-order valence-electron chi connectivity index (χ4n) is 1.77. The van der Waals surface area contributed by atoms with E-state index >= 15 is 0 Å². The Hall–Kier alpha value is -2.24. The van der Waals surface area contributed by atoms with E-state index < -0.39 is 23.9 Å². The van der Waals surface area contributed by atoms with Gasteiger partial charge >= 0.3 is 23.9 Å². The van der Waals surface area contributed by atoms with Crippen molar-refractivity contribution in [1.82, 2.24) is 0 Å². The third-order valence-electron chi connectivity index (χ3n) is 3.19. The highest BCUT2D eigenvalue weighted by Gasteiger charge is 2.11. The number of aliphatic carboxylic acids is 3. The van der Waals surface area contributed by atoms with Crippen molar-refractivity contribution >= 4 is 23.9 Å². The Kier molecular flexibility index (Phi) is 23.9. The molecular weight excluding hydrogens is 392 g/mol. The first-order valence-electron chi connectivity index (χ1n) is 9.13. The van der Waals surface area contributed by atoms with Crippen molar-refractivity contribution in [2.75, 3.05) is 26.4 Å². The van der Waals surface area contributed by atoms with Gasteiger partial charge in [0.2, 0.25) is 0 Å². The highest BCUT2D eigenvalue weighted by atomic mass is 16.5. The lowest BCUT2D eigenvalue weighted by molar-refractivity contribution is -0.145. The molecule has 0 spiro atoms. The van der Waals surface area contributed by atoms with Gasteiger partial charge in [0.1, 0.15) is 6.61 Å². The molecule has 0 amide bonds. The van der Waals surface area contributed by atoms with Gasteiger partial charge in [-0.15, -0.1) is 0 Å². The molecule has 0 radical (unpaired) electrons. The Morgan fingerprint density at radius 1 is 0.690 bits per heavy atom. The molecule has 0 fully saturated rings. The van der Waals surface area contributed by atoms with Crippen molar-refractivity contribution in [3.05, 3.63) is 0 Å². The molecule has 172 valence electrons. The molecule has 11 heteroatoms. The van der Waals surface area contributed by atoms with Gasteiger partial charge < -0.3 is 35.4 Å². The van der Waals surface area contributed by atoms with Crippen LogP contribution in [-0.4, -0.2) is 80.9 Å². The summed E-state index contributed by atoms with van der Waals surface area (Å²) in [6.45, 7) is 3.08. The number of esters is 1. The van der Waals surface area contributed by atoms with E-state index in [0.717, 1.165) is 0 Å². The van der Waals surface area contributed by atoms with Gasteiger partial charge in [0.05, 0.1) is 19.8 Å². The van der Waals surface area contributed by atoms with Gasteiger partial charge in [0, 0.05) is 25.7 Å². The van der Waals surface area contributed by atoms with Crippen molar-refractivity contribution in [3.8, 4) is 0 Å². The van der Waals surface area contributed by atoms with Gasteiger partial charge in [-0.25, -0.2) is 0 Å². The molecule has 2 unspecified atom stereocenters. The molecule has 0 aromatic rings. The Labute approximate surface area is 169 Å². The zero-order valence-corrected chi connectivity index (χ0v) is 17.0. The minimum atomic E-state index is -0.873. The number of ether oxygens (including phenoxy) is 1. The molecule has 2 atom stereocenters. The Morgan fingerprint density at radius 3 is 1.41 bits per heavy atom. The summed E-state index contributed by atoms with van der Waals surface area (Å²) in [6, 6.07) is 0. The smallest absolute Gasteiger partial charge is 0.305 e. The van der Waals surface area contributed by atoms with Crippen LogP contribution >= 0.6 is 0 Å². The van der Waals surface area contributed by atoms with E-state index in [4.69, 9.17) is 30.6 Å². The Morgan fingerprint density at radius 2 is 1.10 bits per heavy atom. The van der Waals surface area contributed by atoms with E-state index in [1.165, 1.54) is 0 Å². The predicted octanol–water partition coefficient (Wildman–Crippen LogP) is 0.346. The highest BCUT2D eigenvalue weighted by Crippen LogP contribution is 2.10. The third-order valence-corrected chi connectivity index (χ3v) is 3.19. The van der Waals surface area contributed by atoms with E-state index in [1.807, 2.05) is 0 Å². The summed E-state index contributed by atoms with van der Waals surface area (Å²) in [7, 11) is 0. The number of rotatable bonds is 13. The first-order chi connectivity index (χ1) is 13.5. The second-order valence-electron chi connectivity index (χ2n) is 6.27. The summed E-state index contributed by atoms with van der Waals surface area (Å²) >= 11 is 0. The maximum Gasteiger partial charge on any atom is 0.305 e. The average molecular weight is 426 g/mol. The van der Waals surface area contributed by atoms with Crippen LogP contribution < -0.4 is 0 Å². The lowest BCUT2D eigenvalue weighted by atomic mass is 10.0. The molecule has 0 aliphatic heterocycles. The van der Waals surface area contributed by atoms with Gasteiger partial charge in [-0.1, -0.05) is 13.8 Å². The number of carbonyl (C=O) groups is 4. The first-order valence-corrected chi connectivity index (χ1v) is 9.13. The second kappa shape index (κ2) is 22.1. The number of hydrogen-bond donors (Lipinski definition) is 6. The number of carbonyl (C=O) groups excluding carboxylic acids is 1. The van der Waals surface area contributed by atoms with E-state index in [2.05, 4.69) is 4.74 Å². The van der Waals surface area contributed by atoms with Gasteiger partial charge in [-0.2, -0.15) is 0 Å². The maximum atomic E-state index is 10.9. The average Bonchev–Trinajstić information content (AvgIpc) is 2.62. The van der Waals surface area contributed by atoms with Crippen LogP contribution in [0.25, 0.3) is 0 Å². The Bertz CT molecular complexity index is 449. The SMILES string of the molecule is CC(CCC(=O)O)CC(=O)O.CC(CCC(=O)OCCO)CC(=O)O.OCCO. The maximum absolute atomic E-state index is 10.9. The lowest BCUT2D eigenvalue weighted by Gasteiger charge is -2.07. The molecule has 0 saturated carbocycles. The quantitative estimate of drug-likeness (QED) is 0.222. The monoisotopic (exact) mass is 426 g/mol. The summed E-state index contributed by atoms with van der Waals surface area (Å²) in [4.78, 5) is 41.3. The fraction of sp³-hybridized carbons (Fsp3) is 0.778. The van der Waals surface area contributed by atoms with Crippen LogP contribution in [0.5, 0.6) is 0 Å². The van der Waals surface area contributed by atoms with E-state index in [9.17, 15) is 19.2 Å². The molecule has 0 rings (SSSR count). The van der Waals surface area contributed by atoms with Gasteiger partial charge in [0.15, 0.2) is 0 Å². The van der Waals surface area contributed by atoms with Crippen molar-refractivity contribution in [2.45, 2.75) is 52.4 Å².